The van der Waals surface area contributed by atoms with Gasteiger partial charge in [-0.1, -0.05) is 0 Å². The third kappa shape index (κ3) is 4.79. The van der Waals surface area contributed by atoms with Crippen molar-refractivity contribution in [2.45, 2.75) is 24.6 Å². The van der Waals surface area contributed by atoms with Crippen molar-refractivity contribution in [3.05, 3.63) is 0 Å². The molecule has 0 bridgehead atoms. The van der Waals surface area contributed by atoms with Crippen LogP contribution in [-0.4, -0.2) is 60.5 Å². The summed E-state index contributed by atoms with van der Waals surface area (Å²) in [4.78, 5) is 12.7. The first-order valence-corrected chi connectivity index (χ1v) is 5.62. The van der Waals surface area contributed by atoms with Gasteiger partial charge in [-0.2, -0.15) is 13.2 Å². The van der Waals surface area contributed by atoms with Crippen LogP contribution in [0.4, 0.5) is 13.2 Å². The Labute approximate surface area is 103 Å². The van der Waals surface area contributed by atoms with Crippen LogP contribution in [0.25, 0.3) is 0 Å². The lowest BCUT2D eigenvalue weighted by atomic mass is 9.92. The summed E-state index contributed by atoms with van der Waals surface area (Å²) >= 11 is 0. The number of carbonyl (C=O) groups is 1. The number of carbonyl (C=O) groups excluding carboxylic acids is 1. The number of alkyl halides is 3. The number of halogens is 3. The van der Waals surface area contributed by atoms with Gasteiger partial charge >= 0.3 is 6.18 Å². The Bertz CT molecular complexity index is 299. The van der Waals surface area contributed by atoms with E-state index in [1.807, 2.05) is 0 Å². The lowest BCUT2D eigenvalue weighted by molar-refractivity contribution is -0.175. The Hall–Kier alpha value is -0.860. The molecule has 0 aliphatic carbocycles. The van der Waals surface area contributed by atoms with Crippen molar-refractivity contribution in [1.82, 2.24) is 4.90 Å². The fourth-order valence-corrected chi connectivity index (χ4v) is 1.90. The van der Waals surface area contributed by atoms with E-state index in [2.05, 4.69) is 4.74 Å². The molecule has 1 aliphatic rings. The van der Waals surface area contributed by atoms with Crippen LogP contribution >= 0.6 is 0 Å². The highest BCUT2D eigenvalue weighted by Gasteiger charge is 2.38. The van der Waals surface area contributed by atoms with Gasteiger partial charge in [0.05, 0.1) is 6.61 Å². The summed E-state index contributed by atoms with van der Waals surface area (Å²) in [7, 11) is 0. The number of rotatable bonds is 5. The Balaban J connectivity index is 2.29. The number of hydrogen-bond acceptors (Lipinski definition) is 4. The molecule has 0 spiro atoms. The summed E-state index contributed by atoms with van der Waals surface area (Å²) in [5.41, 5.74) is 3.50. The summed E-state index contributed by atoms with van der Waals surface area (Å²) in [6.45, 7) is -0.524. The van der Waals surface area contributed by atoms with Crippen LogP contribution in [0.1, 0.15) is 12.8 Å². The van der Waals surface area contributed by atoms with E-state index in [0.717, 1.165) is 0 Å². The predicted molar refractivity (Wildman–Crippen MR) is 56.7 cm³/mol. The Morgan fingerprint density at radius 1 is 1.50 bits per heavy atom. The maximum absolute atomic E-state index is 11.8. The molecule has 1 fully saturated rings. The first-order valence-electron chi connectivity index (χ1n) is 5.62. The van der Waals surface area contributed by atoms with E-state index in [4.69, 9.17) is 5.73 Å². The lowest BCUT2D eigenvalue weighted by Crippen LogP contribution is -2.56. The van der Waals surface area contributed by atoms with Crippen molar-refractivity contribution >= 4 is 5.91 Å². The molecule has 0 aromatic heterocycles. The smallest absolute Gasteiger partial charge is 0.379 e. The van der Waals surface area contributed by atoms with E-state index in [1.165, 1.54) is 0 Å². The minimum atomic E-state index is -4.34. The number of primary amides is 1. The number of nitrogens with zero attached hydrogens (tertiary/aromatic N) is 1. The maximum Gasteiger partial charge on any atom is 0.411 e. The van der Waals surface area contributed by atoms with E-state index in [0.29, 0.717) is 13.0 Å². The number of nitrogens with two attached hydrogens (primary N) is 1. The molecule has 0 saturated carbocycles. The Morgan fingerprint density at radius 3 is 2.72 bits per heavy atom. The molecule has 0 aromatic carbocycles. The lowest BCUT2D eigenvalue weighted by Gasteiger charge is -2.36. The largest absolute Gasteiger partial charge is 0.411 e. The molecular weight excluding hydrogens is 253 g/mol. The van der Waals surface area contributed by atoms with Gasteiger partial charge in [0.2, 0.25) is 0 Å². The third-order valence-corrected chi connectivity index (χ3v) is 2.83. The molecule has 0 aromatic rings. The van der Waals surface area contributed by atoms with E-state index >= 15 is 0 Å². The molecule has 18 heavy (non-hydrogen) atoms. The van der Waals surface area contributed by atoms with Gasteiger partial charge in [-0.05, 0) is 19.4 Å². The average molecular weight is 270 g/mol. The second kappa shape index (κ2) is 5.85. The fourth-order valence-electron chi connectivity index (χ4n) is 1.90. The minimum absolute atomic E-state index is 0.0394. The van der Waals surface area contributed by atoms with Crippen LogP contribution in [0.2, 0.25) is 0 Å². The van der Waals surface area contributed by atoms with E-state index in [9.17, 15) is 23.1 Å². The molecule has 5 nitrogen and oxygen atoms in total. The molecule has 1 aliphatic heterocycles. The number of hydrogen-bond donors (Lipinski definition) is 2. The fraction of sp³-hybridized carbons (Fsp3) is 0.900. The van der Waals surface area contributed by atoms with Crippen molar-refractivity contribution < 1.29 is 27.8 Å². The van der Waals surface area contributed by atoms with Gasteiger partial charge in [-0.15, -0.1) is 0 Å². The summed E-state index contributed by atoms with van der Waals surface area (Å²) in [6.07, 6.45) is -3.49. The molecule has 1 saturated heterocycles. The highest BCUT2D eigenvalue weighted by molar-refractivity contribution is 5.83. The minimum Gasteiger partial charge on any atom is -0.379 e. The summed E-state index contributed by atoms with van der Waals surface area (Å²) in [5.74, 6) is -0.802. The van der Waals surface area contributed by atoms with Gasteiger partial charge in [-0.3, -0.25) is 9.69 Å². The quantitative estimate of drug-likeness (QED) is 0.683. The normalized spacial score (nSPS) is 26.2. The number of β-amino-alcohol motifs (C(OH)–C–C–N with tert-alkyl or cyclic N) is 1. The van der Waals surface area contributed by atoms with Gasteiger partial charge in [0.15, 0.2) is 5.60 Å². The van der Waals surface area contributed by atoms with E-state index < -0.39 is 24.3 Å². The first-order chi connectivity index (χ1) is 8.23. The number of amides is 1. The first kappa shape index (κ1) is 15.2. The monoisotopic (exact) mass is 270 g/mol. The third-order valence-electron chi connectivity index (χ3n) is 2.83. The molecule has 1 unspecified atom stereocenters. The number of ether oxygens (including phenoxy) is 1. The standard InChI is InChI=1S/C10H17F3N2O3/c11-10(12,13)7-18-5-4-15-3-1-2-9(17,6-15)8(14)16/h17H,1-7H2,(H2,14,16). The van der Waals surface area contributed by atoms with Gasteiger partial charge in [-0.25, -0.2) is 0 Å². The van der Waals surface area contributed by atoms with Crippen LogP contribution in [0.15, 0.2) is 0 Å². The van der Waals surface area contributed by atoms with Crippen molar-refractivity contribution in [2.24, 2.45) is 5.73 Å². The Kier molecular flexibility index (Phi) is 4.94. The SMILES string of the molecule is NC(=O)C1(O)CCCN(CCOCC(F)(F)F)C1. The van der Waals surface area contributed by atoms with Crippen molar-refractivity contribution in [2.75, 3.05) is 32.8 Å². The van der Waals surface area contributed by atoms with Gasteiger partial charge in [0.25, 0.3) is 5.91 Å². The second-order valence-corrected chi connectivity index (χ2v) is 4.44. The highest BCUT2D eigenvalue weighted by Crippen LogP contribution is 2.20. The topological polar surface area (TPSA) is 75.8 Å². The van der Waals surface area contributed by atoms with Crippen LogP contribution in [-0.2, 0) is 9.53 Å². The van der Waals surface area contributed by atoms with Gasteiger partial charge in [0, 0.05) is 13.1 Å². The Morgan fingerprint density at radius 2 is 2.17 bits per heavy atom. The molecule has 1 amide bonds. The molecule has 1 rings (SSSR count). The average Bonchev–Trinajstić information content (AvgIpc) is 2.23. The van der Waals surface area contributed by atoms with E-state index in [1.54, 1.807) is 4.90 Å². The maximum atomic E-state index is 11.8. The highest BCUT2D eigenvalue weighted by atomic mass is 19.4. The number of aliphatic hydroxyl groups is 1. The van der Waals surface area contributed by atoms with E-state index in [-0.39, 0.29) is 26.1 Å². The van der Waals surface area contributed by atoms with Crippen molar-refractivity contribution in [1.29, 1.82) is 0 Å². The summed E-state index contributed by atoms with van der Waals surface area (Å²) in [5, 5.41) is 9.87. The van der Waals surface area contributed by atoms with Crippen LogP contribution in [0, 0.1) is 0 Å². The zero-order valence-electron chi connectivity index (χ0n) is 9.87. The van der Waals surface area contributed by atoms with Gasteiger partial charge < -0.3 is 15.6 Å². The summed E-state index contributed by atoms with van der Waals surface area (Å²) < 4.78 is 39.9. The molecule has 0 radical (unpaired) electrons. The molecular formula is C10H17F3N2O3. The zero-order chi connectivity index (χ0) is 13.8. The molecule has 1 heterocycles. The predicted octanol–water partition coefficient (Wildman–Crippen LogP) is -0.123. The molecule has 3 N–H and O–H groups in total. The van der Waals surface area contributed by atoms with Gasteiger partial charge in [0.1, 0.15) is 6.61 Å². The van der Waals surface area contributed by atoms with Crippen molar-refractivity contribution in [3.8, 4) is 0 Å². The van der Waals surface area contributed by atoms with Crippen LogP contribution in [0.3, 0.4) is 0 Å². The zero-order valence-corrected chi connectivity index (χ0v) is 9.87. The number of piperidine rings is 1. The second-order valence-electron chi connectivity index (χ2n) is 4.44. The van der Waals surface area contributed by atoms with Crippen LogP contribution in [0.5, 0.6) is 0 Å². The summed E-state index contributed by atoms with van der Waals surface area (Å²) in [6, 6.07) is 0. The molecule has 8 heteroatoms. The van der Waals surface area contributed by atoms with Crippen LogP contribution < -0.4 is 5.73 Å². The van der Waals surface area contributed by atoms with Crippen molar-refractivity contribution in [3.63, 3.8) is 0 Å². The molecule has 106 valence electrons. The number of likely N-dealkylation sites (tertiary alicyclic amines) is 1. The molecule has 1 atom stereocenters.